The predicted molar refractivity (Wildman–Crippen MR) is 44.1 cm³/mol. The number of hydrogen-bond acceptors (Lipinski definition) is 4. The summed E-state index contributed by atoms with van der Waals surface area (Å²) >= 11 is 1.08. The Morgan fingerprint density at radius 2 is 2.00 bits per heavy atom. The van der Waals surface area contributed by atoms with Crippen LogP contribution in [0, 0.1) is 0 Å². The van der Waals surface area contributed by atoms with E-state index in [1.54, 1.807) is 0 Å². The molecule has 0 amide bonds. The van der Waals surface area contributed by atoms with E-state index in [4.69, 9.17) is 0 Å². The number of carbonyl (C=O) groups is 2. The molecule has 0 saturated carbocycles. The van der Waals surface area contributed by atoms with E-state index in [1.807, 2.05) is 13.8 Å². The third-order valence-electron chi connectivity index (χ3n) is 0.727. The topological polar surface area (TPSA) is 43.4 Å². The Morgan fingerprint density at radius 1 is 1.45 bits per heavy atom. The van der Waals surface area contributed by atoms with E-state index in [2.05, 4.69) is 4.18 Å². The van der Waals surface area contributed by atoms with Crippen molar-refractivity contribution in [1.82, 2.24) is 0 Å². The monoisotopic (exact) mass is 176 g/mol. The van der Waals surface area contributed by atoms with E-state index in [1.165, 1.54) is 6.92 Å². The highest BCUT2D eigenvalue weighted by Gasteiger charge is 2.07. The Kier molecular flexibility index (Phi) is 4.94. The molecule has 0 aromatic rings. The lowest BCUT2D eigenvalue weighted by molar-refractivity contribution is -0.136. The van der Waals surface area contributed by atoms with Crippen molar-refractivity contribution in [2.24, 2.45) is 0 Å². The van der Waals surface area contributed by atoms with Gasteiger partial charge < -0.3 is 4.18 Å². The molecule has 3 nitrogen and oxygen atoms in total. The minimum Gasteiger partial charge on any atom is -0.391 e. The number of hydrogen-bond donors (Lipinski definition) is 0. The van der Waals surface area contributed by atoms with E-state index in [0.29, 0.717) is 0 Å². The van der Waals surface area contributed by atoms with E-state index in [0.717, 1.165) is 12.0 Å². The second-order valence-corrected chi connectivity index (χ2v) is 3.78. The minimum atomic E-state index is -0.462. The van der Waals surface area contributed by atoms with Crippen molar-refractivity contribution < 1.29 is 13.8 Å². The minimum absolute atomic E-state index is 0.125. The first-order valence-electron chi connectivity index (χ1n) is 3.38. The lowest BCUT2D eigenvalue weighted by Crippen LogP contribution is -2.06. The maximum absolute atomic E-state index is 10.7. The molecule has 0 atom stereocenters. The summed E-state index contributed by atoms with van der Waals surface area (Å²) < 4.78 is 4.67. The van der Waals surface area contributed by atoms with E-state index < -0.39 is 5.97 Å². The fourth-order valence-electron chi connectivity index (χ4n) is 0.383. The fraction of sp³-hybridized carbons (Fsp3) is 0.714. The molecule has 4 heteroatoms. The van der Waals surface area contributed by atoms with Gasteiger partial charge in [0.05, 0.1) is 12.0 Å². The molecular weight excluding hydrogens is 164 g/mol. The van der Waals surface area contributed by atoms with Crippen LogP contribution in [0.2, 0.25) is 0 Å². The Hall–Kier alpha value is -0.510. The van der Waals surface area contributed by atoms with Gasteiger partial charge >= 0.3 is 5.97 Å². The predicted octanol–water partition coefficient (Wildman–Crippen LogP) is 1.57. The molecule has 0 rings (SSSR count). The average molecular weight is 176 g/mol. The lowest BCUT2D eigenvalue weighted by Gasteiger charge is -2.02. The van der Waals surface area contributed by atoms with Gasteiger partial charge in [-0.05, 0) is 6.92 Å². The summed E-state index contributed by atoms with van der Waals surface area (Å²) in [5.41, 5.74) is 0. The second-order valence-electron chi connectivity index (χ2n) is 2.48. The van der Waals surface area contributed by atoms with Crippen molar-refractivity contribution in [3.63, 3.8) is 0 Å². The van der Waals surface area contributed by atoms with E-state index in [-0.39, 0.29) is 17.5 Å². The lowest BCUT2D eigenvalue weighted by atomic mass is 10.3. The molecule has 0 N–H and O–H groups in total. The van der Waals surface area contributed by atoms with Crippen LogP contribution >= 0.6 is 12.0 Å². The molecule has 0 fully saturated rings. The second kappa shape index (κ2) is 5.18. The zero-order chi connectivity index (χ0) is 8.85. The number of Topliss-reactive ketones (excluding diaryl/α,β-unsaturated/α-hetero) is 1. The van der Waals surface area contributed by atoms with Gasteiger partial charge in [0.1, 0.15) is 12.2 Å². The summed E-state index contributed by atoms with van der Waals surface area (Å²) in [6.07, 6.45) is -0.125. The molecule has 0 unspecified atom stereocenters. The van der Waals surface area contributed by atoms with Gasteiger partial charge in [-0.2, -0.15) is 0 Å². The largest absolute Gasteiger partial charge is 0.391 e. The van der Waals surface area contributed by atoms with Crippen LogP contribution in [0.4, 0.5) is 0 Å². The molecule has 0 aliphatic heterocycles. The molecule has 0 aliphatic carbocycles. The van der Waals surface area contributed by atoms with Crippen LogP contribution in [0.1, 0.15) is 27.2 Å². The molecular formula is C7H12O3S. The van der Waals surface area contributed by atoms with Gasteiger partial charge in [0.25, 0.3) is 0 Å². The highest BCUT2D eigenvalue weighted by molar-refractivity contribution is 7.95. The maximum Gasteiger partial charge on any atom is 0.325 e. The Labute approximate surface area is 70.7 Å². The smallest absolute Gasteiger partial charge is 0.325 e. The summed E-state index contributed by atoms with van der Waals surface area (Å²) in [5, 5.41) is 0.242. The van der Waals surface area contributed by atoms with Crippen molar-refractivity contribution >= 4 is 23.8 Å². The highest BCUT2D eigenvalue weighted by atomic mass is 32.2. The van der Waals surface area contributed by atoms with Crippen molar-refractivity contribution in [3.05, 3.63) is 0 Å². The van der Waals surface area contributed by atoms with Crippen LogP contribution < -0.4 is 0 Å². The SMILES string of the molecule is CC(=O)CC(=O)OSC(C)C. The fourth-order valence-corrected chi connectivity index (χ4v) is 0.741. The third kappa shape index (κ3) is 7.39. The standard InChI is InChI=1S/C7H12O3S/c1-5(2)11-10-7(9)4-6(3)8/h5H,4H2,1-3H3. The molecule has 0 radical (unpaired) electrons. The maximum atomic E-state index is 10.7. The van der Waals surface area contributed by atoms with Crippen LogP contribution in [-0.2, 0) is 13.8 Å². The summed E-state index contributed by atoms with van der Waals surface area (Å²) in [6.45, 7) is 5.18. The highest BCUT2D eigenvalue weighted by Crippen LogP contribution is 2.11. The average Bonchev–Trinajstić information content (AvgIpc) is 1.82. The Morgan fingerprint density at radius 3 is 2.36 bits per heavy atom. The molecule has 0 bridgehead atoms. The van der Waals surface area contributed by atoms with Gasteiger partial charge in [0.15, 0.2) is 0 Å². The van der Waals surface area contributed by atoms with Crippen molar-refractivity contribution in [2.45, 2.75) is 32.4 Å². The van der Waals surface area contributed by atoms with Gasteiger partial charge in [0.2, 0.25) is 0 Å². The summed E-state index contributed by atoms with van der Waals surface area (Å²) in [7, 11) is 0. The number of rotatable bonds is 4. The molecule has 0 saturated heterocycles. The quantitative estimate of drug-likeness (QED) is 0.481. The van der Waals surface area contributed by atoms with Crippen LogP contribution in [0.25, 0.3) is 0 Å². The zero-order valence-electron chi connectivity index (χ0n) is 6.92. The molecule has 0 heterocycles. The van der Waals surface area contributed by atoms with Crippen molar-refractivity contribution in [3.8, 4) is 0 Å². The van der Waals surface area contributed by atoms with Crippen LogP contribution in [-0.4, -0.2) is 17.0 Å². The number of carbonyl (C=O) groups excluding carboxylic acids is 2. The zero-order valence-corrected chi connectivity index (χ0v) is 7.73. The van der Waals surface area contributed by atoms with E-state index >= 15 is 0 Å². The normalized spacial score (nSPS) is 9.82. The van der Waals surface area contributed by atoms with Gasteiger partial charge in [-0.15, -0.1) is 0 Å². The van der Waals surface area contributed by atoms with Gasteiger partial charge in [-0.3, -0.25) is 9.59 Å². The first-order chi connectivity index (χ1) is 5.02. The van der Waals surface area contributed by atoms with Gasteiger partial charge in [0, 0.05) is 5.25 Å². The molecule has 0 aromatic heterocycles. The van der Waals surface area contributed by atoms with Gasteiger partial charge in [-0.25, -0.2) is 0 Å². The Balaban J connectivity index is 3.46. The molecule has 64 valence electrons. The number of ketones is 1. The first-order valence-corrected chi connectivity index (χ1v) is 4.18. The third-order valence-corrected chi connectivity index (χ3v) is 1.39. The van der Waals surface area contributed by atoms with Crippen molar-refractivity contribution in [1.29, 1.82) is 0 Å². The Bertz CT molecular complexity index is 154. The molecule has 0 spiro atoms. The van der Waals surface area contributed by atoms with Crippen LogP contribution in [0.15, 0.2) is 0 Å². The first kappa shape index (κ1) is 10.5. The molecule has 0 aliphatic rings. The van der Waals surface area contributed by atoms with Crippen LogP contribution in [0.3, 0.4) is 0 Å². The molecule has 11 heavy (non-hydrogen) atoms. The summed E-state index contributed by atoms with van der Waals surface area (Å²) in [5.74, 6) is -0.629. The summed E-state index contributed by atoms with van der Waals surface area (Å²) in [4.78, 5) is 21.1. The summed E-state index contributed by atoms with van der Waals surface area (Å²) in [6, 6.07) is 0. The molecule has 0 aromatic carbocycles. The van der Waals surface area contributed by atoms with Crippen LogP contribution in [0.5, 0.6) is 0 Å². The van der Waals surface area contributed by atoms with Crippen molar-refractivity contribution in [2.75, 3.05) is 0 Å². The van der Waals surface area contributed by atoms with Gasteiger partial charge in [-0.1, -0.05) is 13.8 Å². The van der Waals surface area contributed by atoms with E-state index in [9.17, 15) is 9.59 Å².